The van der Waals surface area contributed by atoms with E-state index in [1.807, 2.05) is 11.8 Å². The number of aromatic nitrogens is 2. The van der Waals surface area contributed by atoms with Gasteiger partial charge in [0, 0.05) is 36.7 Å². The maximum atomic E-state index is 4.36. The Bertz CT molecular complexity index is 366. The minimum absolute atomic E-state index is 0.477. The summed E-state index contributed by atoms with van der Waals surface area (Å²) in [6.07, 6.45) is 0. The quantitative estimate of drug-likeness (QED) is 0.901. The molecule has 1 unspecified atom stereocenters. The van der Waals surface area contributed by atoms with Gasteiger partial charge in [-0.3, -0.25) is 0 Å². The van der Waals surface area contributed by atoms with E-state index in [4.69, 9.17) is 0 Å². The third-order valence-electron chi connectivity index (χ3n) is 3.06. The van der Waals surface area contributed by atoms with Gasteiger partial charge in [0.25, 0.3) is 0 Å². The maximum Gasteiger partial charge on any atom is 0.151 e. The van der Waals surface area contributed by atoms with Crippen LogP contribution in [0.1, 0.15) is 26.5 Å². The molecular weight excluding hydrogens is 244 g/mol. The van der Waals surface area contributed by atoms with Crippen molar-refractivity contribution in [2.45, 2.75) is 39.4 Å². The molecule has 0 bridgehead atoms. The van der Waals surface area contributed by atoms with E-state index < -0.39 is 0 Å². The van der Waals surface area contributed by atoms with E-state index in [-0.39, 0.29) is 0 Å². The van der Waals surface area contributed by atoms with Crippen LogP contribution in [0.2, 0.25) is 0 Å². The normalized spacial score (nSPS) is 20.4. The van der Waals surface area contributed by atoms with Crippen molar-refractivity contribution in [1.82, 2.24) is 15.5 Å². The van der Waals surface area contributed by atoms with Gasteiger partial charge in [0.1, 0.15) is 0 Å². The summed E-state index contributed by atoms with van der Waals surface area (Å²) in [6, 6.07) is 5.20. The van der Waals surface area contributed by atoms with Crippen LogP contribution >= 0.6 is 11.8 Å². The van der Waals surface area contributed by atoms with Gasteiger partial charge in [-0.1, -0.05) is 13.8 Å². The Labute approximate surface area is 114 Å². The fraction of sp³-hybridized carbons (Fsp3) is 0.692. The van der Waals surface area contributed by atoms with Crippen LogP contribution in [0.15, 0.2) is 12.1 Å². The predicted molar refractivity (Wildman–Crippen MR) is 78.1 cm³/mol. The molecule has 0 saturated carbocycles. The van der Waals surface area contributed by atoms with E-state index in [1.54, 1.807) is 0 Å². The van der Waals surface area contributed by atoms with Crippen LogP contribution in [0.3, 0.4) is 0 Å². The van der Waals surface area contributed by atoms with Crippen LogP contribution in [0.5, 0.6) is 0 Å². The molecule has 1 atom stereocenters. The lowest BCUT2D eigenvalue weighted by atomic mass is 10.3. The topological polar surface area (TPSA) is 41.0 Å². The van der Waals surface area contributed by atoms with Crippen LogP contribution in [-0.4, -0.2) is 40.3 Å². The van der Waals surface area contributed by atoms with E-state index in [0.717, 1.165) is 24.6 Å². The van der Waals surface area contributed by atoms with Gasteiger partial charge in [-0.2, -0.15) is 16.9 Å². The Morgan fingerprint density at radius 3 is 2.89 bits per heavy atom. The molecule has 2 heterocycles. The van der Waals surface area contributed by atoms with Crippen molar-refractivity contribution >= 4 is 17.6 Å². The molecule has 0 aliphatic carbocycles. The standard InChI is InChI=1S/C13H22N4S/c1-10(2)14-8-12-4-5-13(16-15-12)17-6-7-18-9-11(17)3/h4-5,10-11,14H,6-9H2,1-3H3. The molecule has 1 fully saturated rings. The van der Waals surface area contributed by atoms with Crippen LogP contribution in [0, 0.1) is 0 Å². The number of anilines is 1. The smallest absolute Gasteiger partial charge is 0.151 e. The minimum Gasteiger partial charge on any atom is -0.351 e. The third-order valence-corrected chi connectivity index (χ3v) is 4.25. The Balaban J connectivity index is 1.98. The second-order valence-electron chi connectivity index (χ2n) is 5.04. The highest BCUT2D eigenvalue weighted by Crippen LogP contribution is 2.21. The first kappa shape index (κ1) is 13.6. The van der Waals surface area contributed by atoms with Crippen molar-refractivity contribution in [3.8, 4) is 0 Å². The number of rotatable bonds is 4. The molecule has 1 N–H and O–H groups in total. The van der Waals surface area contributed by atoms with Gasteiger partial charge in [0.05, 0.1) is 5.69 Å². The van der Waals surface area contributed by atoms with Crippen molar-refractivity contribution in [2.75, 3.05) is 23.0 Å². The highest BCUT2D eigenvalue weighted by atomic mass is 32.2. The summed E-state index contributed by atoms with van der Waals surface area (Å²) in [5.41, 5.74) is 1.01. The van der Waals surface area contributed by atoms with Gasteiger partial charge in [0.15, 0.2) is 5.82 Å². The number of nitrogens with zero attached hydrogens (tertiary/aromatic N) is 3. The summed E-state index contributed by atoms with van der Waals surface area (Å²) >= 11 is 2.02. The van der Waals surface area contributed by atoms with Gasteiger partial charge in [-0.05, 0) is 19.1 Å². The SMILES string of the molecule is CC(C)NCc1ccc(N2CCSCC2C)nn1. The van der Waals surface area contributed by atoms with E-state index in [1.165, 1.54) is 11.5 Å². The molecule has 100 valence electrons. The van der Waals surface area contributed by atoms with Crippen LogP contribution in [-0.2, 0) is 6.54 Å². The van der Waals surface area contributed by atoms with Gasteiger partial charge >= 0.3 is 0 Å². The molecule has 0 aromatic carbocycles. The zero-order chi connectivity index (χ0) is 13.0. The second-order valence-corrected chi connectivity index (χ2v) is 6.19. The Hall–Kier alpha value is -0.810. The summed E-state index contributed by atoms with van der Waals surface area (Å²) < 4.78 is 0. The molecule has 5 heteroatoms. The summed E-state index contributed by atoms with van der Waals surface area (Å²) in [7, 11) is 0. The van der Waals surface area contributed by atoms with Crippen LogP contribution in [0.4, 0.5) is 5.82 Å². The first-order chi connectivity index (χ1) is 8.66. The van der Waals surface area contributed by atoms with E-state index >= 15 is 0 Å². The highest BCUT2D eigenvalue weighted by molar-refractivity contribution is 7.99. The lowest BCUT2D eigenvalue weighted by molar-refractivity contribution is 0.576. The molecule has 1 aliphatic rings. The molecule has 0 radical (unpaired) electrons. The van der Waals surface area contributed by atoms with E-state index in [2.05, 4.69) is 53.3 Å². The number of hydrogen-bond donors (Lipinski definition) is 1. The minimum atomic E-state index is 0.477. The van der Waals surface area contributed by atoms with Gasteiger partial charge in [-0.15, -0.1) is 5.10 Å². The van der Waals surface area contributed by atoms with Crippen molar-refractivity contribution in [2.24, 2.45) is 0 Å². The molecule has 18 heavy (non-hydrogen) atoms. The predicted octanol–water partition coefficient (Wildman–Crippen LogP) is 1.92. The second kappa shape index (κ2) is 6.38. The van der Waals surface area contributed by atoms with Crippen molar-refractivity contribution < 1.29 is 0 Å². The van der Waals surface area contributed by atoms with Crippen LogP contribution in [0.25, 0.3) is 0 Å². The molecule has 1 aliphatic heterocycles. The molecule has 1 saturated heterocycles. The zero-order valence-corrected chi connectivity index (χ0v) is 12.2. The van der Waals surface area contributed by atoms with Gasteiger partial charge < -0.3 is 10.2 Å². The average Bonchev–Trinajstić information content (AvgIpc) is 2.38. The molecule has 0 amide bonds. The lowest BCUT2D eigenvalue weighted by Crippen LogP contribution is -2.41. The van der Waals surface area contributed by atoms with E-state index in [0.29, 0.717) is 12.1 Å². The Morgan fingerprint density at radius 1 is 1.44 bits per heavy atom. The Morgan fingerprint density at radius 2 is 2.28 bits per heavy atom. The molecule has 1 aromatic heterocycles. The summed E-state index contributed by atoms with van der Waals surface area (Å²) in [6.45, 7) is 8.38. The molecule has 4 nitrogen and oxygen atoms in total. The average molecular weight is 266 g/mol. The fourth-order valence-electron chi connectivity index (χ4n) is 1.98. The maximum absolute atomic E-state index is 4.36. The molecule has 2 rings (SSSR count). The fourth-order valence-corrected chi connectivity index (χ4v) is 2.99. The van der Waals surface area contributed by atoms with Crippen molar-refractivity contribution in [1.29, 1.82) is 0 Å². The van der Waals surface area contributed by atoms with Crippen LogP contribution < -0.4 is 10.2 Å². The summed E-state index contributed by atoms with van der Waals surface area (Å²) in [5, 5.41) is 12.0. The first-order valence-corrected chi connectivity index (χ1v) is 7.72. The van der Waals surface area contributed by atoms with Crippen molar-refractivity contribution in [3.63, 3.8) is 0 Å². The summed E-state index contributed by atoms with van der Waals surface area (Å²) in [5.74, 6) is 3.37. The third kappa shape index (κ3) is 3.59. The Kier molecular flexibility index (Phi) is 4.83. The van der Waals surface area contributed by atoms with Gasteiger partial charge in [0.2, 0.25) is 0 Å². The molecule has 0 spiro atoms. The van der Waals surface area contributed by atoms with E-state index in [9.17, 15) is 0 Å². The van der Waals surface area contributed by atoms with Crippen molar-refractivity contribution in [3.05, 3.63) is 17.8 Å². The zero-order valence-electron chi connectivity index (χ0n) is 11.4. The van der Waals surface area contributed by atoms with Gasteiger partial charge in [-0.25, -0.2) is 0 Å². The number of nitrogens with one attached hydrogen (secondary N) is 1. The molecule has 1 aromatic rings. The monoisotopic (exact) mass is 266 g/mol. The number of hydrogen-bond acceptors (Lipinski definition) is 5. The molecular formula is C13H22N4S. The first-order valence-electron chi connectivity index (χ1n) is 6.57. The number of thioether (sulfide) groups is 1. The summed E-state index contributed by atoms with van der Waals surface area (Å²) in [4.78, 5) is 2.35. The largest absolute Gasteiger partial charge is 0.351 e. The highest BCUT2D eigenvalue weighted by Gasteiger charge is 2.20. The lowest BCUT2D eigenvalue weighted by Gasteiger charge is -2.33.